The van der Waals surface area contributed by atoms with Gasteiger partial charge in [-0.3, -0.25) is 4.79 Å². The van der Waals surface area contributed by atoms with Crippen LogP contribution in [-0.4, -0.2) is 56.5 Å². The smallest absolute Gasteiger partial charge is 0.407 e. The monoisotopic (exact) mass is 474 g/mol. The number of aromatic carboxylic acids is 1. The maximum absolute atomic E-state index is 13.0. The molecule has 8 heteroatoms. The molecular weight excluding hydrogens is 448 g/mol. The second kappa shape index (κ2) is 10.4. The van der Waals surface area contributed by atoms with Gasteiger partial charge in [0.1, 0.15) is 12.6 Å². The Labute approximate surface area is 203 Å². The predicted octanol–water partition coefficient (Wildman–Crippen LogP) is 3.90. The summed E-state index contributed by atoms with van der Waals surface area (Å²) in [4.78, 5) is 38.1. The Bertz CT molecular complexity index is 1190. The zero-order valence-corrected chi connectivity index (χ0v) is 19.4. The third kappa shape index (κ3) is 5.02. The summed E-state index contributed by atoms with van der Waals surface area (Å²) in [7, 11) is 2.97. The lowest BCUT2D eigenvalue weighted by Crippen LogP contribution is -2.50. The number of alkyl carbamates (subject to hydrolysis) is 1. The highest BCUT2D eigenvalue weighted by Crippen LogP contribution is 2.44. The van der Waals surface area contributed by atoms with Crippen LogP contribution >= 0.6 is 0 Å². The number of nitrogens with one attached hydrogen (secondary N) is 1. The third-order valence-corrected chi connectivity index (χ3v) is 6.10. The topological polar surface area (TPSA) is 105 Å². The number of ether oxygens (including phenoxy) is 2. The van der Waals surface area contributed by atoms with E-state index in [9.17, 15) is 14.4 Å². The van der Waals surface area contributed by atoms with E-state index in [1.165, 1.54) is 36.3 Å². The van der Waals surface area contributed by atoms with Crippen LogP contribution in [0.1, 0.15) is 27.4 Å². The summed E-state index contributed by atoms with van der Waals surface area (Å²) >= 11 is 0. The largest absolute Gasteiger partial charge is 0.478 e. The minimum Gasteiger partial charge on any atom is -0.478 e. The molecule has 0 saturated carbocycles. The first-order valence-electron chi connectivity index (χ1n) is 11.1. The van der Waals surface area contributed by atoms with Crippen molar-refractivity contribution in [3.05, 3.63) is 89.5 Å². The van der Waals surface area contributed by atoms with Crippen LogP contribution in [0.15, 0.2) is 72.8 Å². The number of carboxylic acid groups (broad SMARTS) is 1. The van der Waals surface area contributed by atoms with E-state index in [1.54, 1.807) is 7.05 Å². The Morgan fingerprint density at radius 1 is 0.943 bits per heavy atom. The second-order valence-electron chi connectivity index (χ2n) is 8.23. The number of carbonyl (C=O) groups is 3. The molecule has 1 aliphatic carbocycles. The van der Waals surface area contributed by atoms with Crippen molar-refractivity contribution in [2.75, 3.05) is 32.3 Å². The summed E-state index contributed by atoms with van der Waals surface area (Å²) < 4.78 is 10.7. The molecule has 1 unspecified atom stereocenters. The highest BCUT2D eigenvalue weighted by Gasteiger charge is 2.30. The molecule has 0 fully saturated rings. The lowest BCUT2D eigenvalue weighted by atomic mass is 9.98. The van der Waals surface area contributed by atoms with Gasteiger partial charge < -0.3 is 24.8 Å². The summed E-state index contributed by atoms with van der Waals surface area (Å²) in [5.41, 5.74) is 5.03. The van der Waals surface area contributed by atoms with E-state index in [0.717, 1.165) is 22.3 Å². The lowest BCUT2D eigenvalue weighted by Gasteiger charge is -2.24. The van der Waals surface area contributed by atoms with Crippen LogP contribution in [0.5, 0.6) is 0 Å². The molecule has 2 N–H and O–H groups in total. The van der Waals surface area contributed by atoms with Gasteiger partial charge in [-0.25, -0.2) is 9.59 Å². The maximum atomic E-state index is 13.0. The van der Waals surface area contributed by atoms with Crippen molar-refractivity contribution in [1.29, 1.82) is 0 Å². The number of amides is 2. The van der Waals surface area contributed by atoms with Crippen molar-refractivity contribution in [1.82, 2.24) is 5.32 Å². The Kier molecular flexibility index (Phi) is 7.12. The Morgan fingerprint density at radius 3 is 2.06 bits per heavy atom. The number of carbonyl (C=O) groups excluding carboxylic acids is 2. The molecule has 0 saturated heterocycles. The molecule has 3 aromatic rings. The number of likely N-dealkylation sites (N-methyl/N-ethyl adjacent to an activating group) is 1. The SMILES string of the molecule is COCC(NC(=O)OCC1c2ccccc2-c2ccccc21)C(=O)N(C)c1ccc(C(=O)O)cc1. The minimum absolute atomic E-state index is 0.0550. The van der Waals surface area contributed by atoms with Gasteiger partial charge in [0.15, 0.2) is 0 Å². The van der Waals surface area contributed by atoms with Gasteiger partial charge in [0.25, 0.3) is 5.91 Å². The summed E-state index contributed by atoms with van der Waals surface area (Å²) in [5, 5.41) is 11.7. The quantitative estimate of drug-likeness (QED) is 0.513. The number of anilines is 1. The standard InChI is InChI=1S/C27H26N2O6/c1-29(18-13-11-17(12-14-18)26(31)32)25(30)24(16-34-2)28-27(33)35-15-23-21-9-5-3-7-19(21)20-8-4-6-10-22(20)23/h3-14,23-24H,15-16H2,1-2H3,(H,28,33)(H,31,32). The molecule has 4 rings (SSSR count). The molecular formula is C27H26N2O6. The number of fused-ring (bicyclic) bond motifs is 3. The number of rotatable bonds is 8. The molecule has 0 radical (unpaired) electrons. The van der Waals surface area contributed by atoms with E-state index in [1.807, 2.05) is 36.4 Å². The minimum atomic E-state index is -1.06. The first kappa shape index (κ1) is 24.0. The van der Waals surface area contributed by atoms with E-state index in [0.29, 0.717) is 5.69 Å². The first-order valence-corrected chi connectivity index (χ1v) is 11.1. The van der Waals surface area contributed by atoms with Crippen molar-refractivity contribution >= 4 is 23.7 Å². The molecule has 1 atom stereocenters. The van der Waals surface area contributed by atoms with Gasteiger partial charge in [-0.15, -0.1) is 0 Å². The number of nitrogens with zero attached hydrogens (tertiary/aromatic N) is 1. The average molecular weight is 475 g/mol. The number of benzene rings is 3. The van der Waals surface area contributed by atoms with Crippen LogP contribution in [0.3, 0.4) is 0 Å². The summed E-state index contributed by atoms with van der Waals surface area (Å²) in [6.45, 7) is 0.0703. The van der Waals surface area contributed by atoms with E-state index in [4.69, 9.17) is 14.6 Å². The fraction of sp³-hybridized carbons (Fsp3) is 0.222. The molecule has 3 aromatic carbocycles. The summed E-state index contributed by atoms with van der Waals surface area (Å²) in [5.74, 6) is -1.58. The van der Waals surface area contributed by atoms with Gasteiger partial charge >= 0.3 is 12.1 Å². The number of hydrogen-bond donors (Lipinski definition) is 2. The predicted molar refractivity (Wildman–Crippen MR) is 131 cm³/mol. The molecule has 0 aliphatic heterocycles. The van der Waals surface area contributed by atoms with Crippen molar-refractivity contribution in [3.63, 3.8) is 0 Å². The summed E-state index contributed by atoms with van der Waals surface area (Å²) in [6, 6.07) is 20.9. The molecule has 180 valence electrons. The van der Waals surface area contributed by atoms with Crippen LogP contribution in [-0.2, 0) is 14.3 Å². The van der Waals surface area contributed by atoms with E-state index in [2.05, 4.69) is 17.4 Å². The van der Waals surface area contributed by atoms with Gasteiger partial charge in [0, 0.05) is 25.8 Å². The zero-order valence-electron chi connectivity index (χ0n) is 19.4. The molecule has 0 aromatic heterocycles. The molecule has 2 amide bonds. The van der Waals surface area contributed by atoms with Crippen molar-refractivity contribution in [3.8, 4) is 11.1 Å². The molecule has 0 bridgehead atoms. The normalized spacial score (nSPS) is 12.9. The third-order valence-electron chi connectivity index (χ3n) is 6.10. The maximum Gasteiger partial charge on any atom is 0.407 e. The number of methoxy groups -OCH3 is 1. The summed E-state index contributed by atoms with van der Waals surface area (Å²) in [6.07, 6.45) is -0.725. The average Bonchev–Trinajstić information content (AvgIpc) is 3.20. The highest BCUT2D eigenvalue weighted by atomic mass is 16.5. The fourth-order valence-electron chi connectivity index (χ4n) is 4.31. The lowest BCUT2D eigenvalue weighted by molar-refractivity contribution is -0.121. The van der Waals surface area contributed by atoms with E-state index >= 15 is 0 Å². The van der Waals surface area contributed by atoms with Crippen LogP contribution in [0, 0.1) is 0 Å². The van der Waals surface area contributed by atoms with Gasteiger partial charge in [0.2, 0.25) is 0 Å². The number of carboxylic acids is 1. The second-order valence-corrected chi connectivity index (χ2v) is 8.23. The van der Waals surface area contributed by atoms with Crippen molar-refractivity contribution < 1.29 is 29.0 Å². The molecule has 1 aliphatic rings. The molecule has 35 heavy (non-hydrogen) atoms. The van der Waals surface area contributed by atoms with E-state index in [-0.39, 0.29) is 24.7 Å². The molecule has 0 spiro atoms. The van der Waals surface area contributed by atoms with Gasteiger partial charge in [-0.1, -0.05) is 48.5 Å². The highest BCUT2D eigenvalue weighted by molar-refractivity contribution is 5.99. The molecule has 0 heterocycles. The Balaban J connectivity index is 1.42. The molecule has 8 nitrogen and oxygen atoms in total. The van der Waals surface area contributed by atoms with E-state index < -0.39 is 24.0 Å². The van der Waals surface area contributed by atoms with Crippen molar-refractivity contribution in [2.45, 2.75) is 12.0 Å². The fourth-order valence-corrected chi connectivity index (χ4v) is 4.31. The van der Waals surface area contributed by atoms with Crippen LogP contribution < -0.4 is 10.2 Å². The van der Waals surface area contributed by atoms with Gasteiger partial charge in [-0.2, -0.15) is 0 Å². The Hall–Kier alpha value is -4.17. The first-order chi connectivity index (χ1) is 16.9. The van der Waals surface area contributed by atoms with Gasteiger partial charge in [-0.05, 0) is 46.5 Å². The van der Waals surface area contributed by atoms with Gasteiger partial charge in [0.05, 0.1) is 12.2 Å². The van der Waals surface area contributed by atoms with Crippen LogP contribution in [0.25, 0.3) is 11.1 Å². The van der Waals surface area contributed by atoms with Crippen molar-refractivity contribution in [2.24, 2.45) is 0 Å². The number of hydrogen-bond acceptors (Lipinski definition) is 5. The van der Waals surface area contributed by atoms with Crippen LogP contribution in [0.4, 0.5) is 10.5 Å². The Morgan fingerprint density at radius 2 is 1.51 bits per heavy atom. The van der Waals surface area contributed by atoms with Crippen LogP contribution in [0.2, 0.25) is 0 Å². The zero-order chi connectivity index (χ0) is 24.9.